The van der Waals surface area contributed by atoms with Crippen LogP contribution in [0, 0.1) is 0 Å². The summed E-state index contributed by atoms with van der Waals surface area (Å²) in [5, 5.41) is 0. The van der Waals surface area contributed by atoms with Crippen molar-refractivity contribution in [1.82, 2.24) is 4.31 Å². The molecule has 1 aromatic carbocycles. The molecule has 0 unspecified atom stereocenters. The van der Waals surface area contributed by atoms with Crippen molar-refractivity contribution in [1.29, 1.82) is 0 Å². The first-order valence-electron chi connectivity index (χ1n) is 6.92. The molecule has 112 valence electrons. The van der Waals surface area contributed by atoms with Crippen LogP contribution >= 0.6 is 0 Å². The Morgan fingerprint density at radius 3 is 2.70 bits per heavy atom. The van der Waals surface area contributed by atoms with Crippen LogP contribution in [0.25, 0.3) is 0 Å². The van der Waals surface area contributed by atoms with Gasteiger partial charge in [-0.15, -0.1) is 0 Å². The van der Waals surface area contributed by atoms with Gasteiger partial charge in [-0.25, -0.2) is 8.42 Å². The van der Waals surface area contributed by atoms with Gasteiger partial charge in [0.1, 0.15) is 12.4 Å². The predicted octanol–water partition coefficient (Wildman–Crippen LogP) is 1.21. The molecule has 1 saturated heterocycles. The lowest BCUT2D eigenvalue weighted by Crippen LogP contribution is -2.49. The van der Waals surface area contributed by atoms with Gasteiger partial charge in [-0.1, -0.05) is 18.2 Å². The minimum absolute atomic E-state index is 0.00146. The molecule has 1 aliphatic heterocycles. The molecule has 6 heteroatoms. The van der Waals surface area contributed by atoms with Gasteiger partial charge in [0.2, 0.25) is 10.0 Å². The first-order chi connectivity index (χ1) is 9.49. The number of nitrogens with two attached hydrogens (primary N) is 1. The second-order valence-corrected chi connectivity index (χ2v) is 7.26. The van der Waals surface area contributed by atoms with Crippen molar-refractivity contribution in [2.45, 2.75) is 31.8 Å². The first-order valence-corrected chi connectivity index (χ1v) is 8.53. The Morgan fingerprint density at radius 2 is 2.05 bits per heavy atom. The van der Waals surface area contributed by atoms with Crippen molar-refractivity contribution in [3.05, 3.63) is 30.3 Å². The molecule has 0 aliphatic carbocycles. The van der Waals surface area contributed by atoms with Crippen LogP contribution in [0.15, 0.2) is 30.3 Å². The predicted molar refractivity (Wildman–Crippen MR) is 79.1 cm³/mol. The molecule has 1 heterocycles. The molecule has 0 saturated carbocycles. The van der Waals surface area contributed by atoms with Gasteiger partial charge in [0, 0.05) is 18.6 Å². The van der Waals surface area contributed by atoms with Crippen LogP contribution < -0.4 is 10.5 Å². The summed E-state index contributed by atoms with van der Waals surface area (Å²) in [5.74, 6) is 0.693. The van der Waals surface area contributed by atoms with Gasteiger partial charge in [-0.3, -0.25) is 0 Å². The van der Waals surface area contributed by atoms with Crippen molar-refractivity contribution in [3.8, 4) is 5.75 Å². The van der Waals surface area contributed by atoms with Crippen molar-refractivity contribution < 1.29 is 13.2 Å². The number of para-hydroxylation sites is 1. The molecule has 1 aliphatic rings. The Labute approximate surface area is 120 Å². The van der Waals surface area contributed by atoms with Gasteiger partial charge in [0.05, 0.1) is 5.75 Å². The summed E-state index contributed by atoms with van der Waals surface area (Å²) in [6.07, 6.45) is 1.45. The van der Waals surface area contributed by atoms with Crippen molar-refractivity contribution in [2.75, 3.05) is 18.9 Å². The Bertz CT molecular complexity index is 518. The molecule has 2 N–H and O–H groups in total. The summed E-state index contributed by atoms with van der Waals surface area (Å²) in [6, 6.07) is 9.32. The van der Waals surface area contributed by atoms with Crippen LogP contribution in [0.1, 0.15) is 19.8 Å². The molecule has 0 radical (unpaired) electrons. The lowest BCUT2D eigenvalue weighted by Gasteiger charge is -2.35. The highest BCUT2D eigenvalue weighted by Crippen LogP contribution is 2.20. The number of benzene rings is 1. The topological polar surface area (TPSA) is 72.6 Å². The lowest BCUT2D eigenvalue weighted by molar-refractivity contribution is 0.244. The second-order valence-electron chi connectivity index (χ2n) is 5.22. The zero-order valence-corrected chi connectivity index (χ0v) is 12.6. The van der Waals surface area contributed by atoms with Crippen molar-refractivity contribution in [2.24, 2.45) is 5.73 Å². The van der Waals surface area contributed by atoms with E-state index in [2.05, 4.69) is 0 Å². The summed E-state index contributed by atoms with van der Waals surface area (Å²) in [7, 11) is -3.27. The molecule has 5 nitrogen and oxygen atoms in total. The summed E-state index contributed by atoms with van der Waals surface area (Å²) in [5.41, 5.74) is 5.86. The number of nitrogens with zero attached hydrogens (tertiary/aromatic N) is 1. The zero-order valence-electron chi connectivity index (χ0n) is 11.7. The third kappa shape index (κ3) is 3.94. The van der Waals surface area contributed by atoms with Crippen LogP contribution in [0.3, 0.4) is 0 Å². The van der Waals surface area contributed by atoms with Gasteiger partial charge in [0.15, 0.2) is 0 Å². The van der Waals surface area contributed by atoms with Gasteiger partial charge in [0.25, 0.3) is 0 Å². The Morgan fingerprint density at radius 1 is 1.35 bits per heavy atom. The fraction of sp³-hybridized carbons (Fsp3) is 0.571. The monoisotopic (exact) mass is 298 g/mol. The number of hydrogen-bond acceptors (Lipinski definition) is 4. The van der Waals surface area contributed by atoms with E-state index in [0.29, 0.717) is 12.3 Å². The zero-order chi connectivity index (χ0) is 14.6. The van der Waals surface area contributed by atoms with Crippen molar-refractivity contribution in [3.63, 3.8) is 0 Å². The highest BCUT2D eigenvalue weighted by atomic mass is 32.2. The largest absolute Gasteiger partial charge is 0.492 e. The Balaban J connectivity index is 1.88. The summed E-state index contributed by atoms with van der Waals surface area (Å²) < 4.78 is 31.6. The maximum Gasteiger partial charge on any atom is 0.217 e. The maximum atomic E-state index is 12.3. The van der Waals surface area contributed by atoms with E-state index in [4.69, 9.17) is 10.5 Å². The number of sulfonamides is 1. The SMILES string of the molecule is C[C@@H]1C[C@H](N)CCN1S(=O)(=O)CCOc1ccccc1. The van der Waals surface area contributed by atoms with Gasteiger partial charge < -0.3 is 10.5 Å². The number of hydrogen-bond donors (Lipinski definition) is 1. The first kappa shape index (κ1) is 15.3. The third-order valence-corrected chi connectivity index (χ3v) is 5.51. The lowest BCUT2D eigenvalue weighted by atomic mass is 10.0. The minimum atomic E-state index is -3.27. The fourth-order valence-electron chi connectivity index (χ4n) is 2.50. The Hall–Kier alpha value is -1.11. The number of ether oxygens (including phenoxy) is 1. The maximum absolute atomic E-state index is 12.3. The van der Waals surface area contributed by atoms with Crippen LogP contribution in [-0.4, -0.2) is 43.7 Å². The molecular weight excluding hydrogens is 276 g/mol. The summed E-state index contributed by atoms with van der Waals surface area (Å²) in [6.45, 7) is 2.59. The molecule has 0 bridgehead atoms. The molecule has 20 heavy (non-hydrogen) atoms. The van der Waals surface area contributed by atoms with E-state index in [9.17, 15) is 8.42 Å². The minimum Gasteiger partial charge on any atom is -0.492 e. The van der Waals surface area contributed by atoms with E-state index in [1.165, 1.54) is 0 Å². The average molecular weight is 298 g/mol. The molecule has 2 atom stereocenters. The fourth-order valence-corrected chi connectivity index (χ4v) is 4.05. The molecule has 0 spiro atoms. The average Bonchev–Trinajstić information content (AvgIpc) is 2.39. The number of piperidine rings is 1. The van der Waals surface area contributed by atoms with E-state index in [-0.39, 0.29) is 24.4 Å². The van der Waals surface area contributed by atoms with Crippen LogP contribution in [-0.2, 0) is 10.0 Å². The van der Waals surface area contributed by atoms with E-state index in [1.54, 1.807) is 4.31 Å². The van der Waals surface area contributed by atoms with E-state index in [1.807, 2.05) is 37.3 Å². The molecule has 0 aromatic heterocycles. The summed E-state index contributed by atoms with van der Waals surface area (Å²) >= 11 is 0. The normalized spacial score (nSPS) is 24.5. The highest BCUT2D eigenvalue weighted by molar-refractivity contribution is 7.89. The standard InChI is InChI=1S/C14H22N2O3S/c1-12-11-13(15)7-8-16(12)20(17,18)10-9-19-14-5-3-2-4-6-14/h2-6,12-13H,7-11,15H2,1H3/t12-,13-/m1/s1. The van der Waals surface area contributed by atoms with E-state index < -0.39 is 10.0 Å². The molecule has 0 amide bonds. The van der Waals surface area contributed by atoms with Crippen LogP contribution in [0.4, 0.5) is 0 Å². The number of rotatable bonds is 5. The Kier molecular flexibility index (Phi) is 5.01. The summed E-state index contributed by atoms with van der Waals surface area (Å²) in [4.78, 5) is 0. The van der Waals surface area contributed by atoms with Crippen LogP contribution in [0.2, 0.25) is 0 Å². The molecule has 1 aromatic rings. The van der Waals surface area contributed by atoms with Gasteiger partial charge in [-0.05, 0) is 31.9 Å². The van der Waals surface area contributed by atoms with E-state index in [0.717, 1.165) is 12.8 Å². The van der Waals surface area contributed by atoms with Crippen molar-refractivity contribution >= 4 is 10.0 Å². The van der Waals surface area contributed by atoms with E-state index >= 15 is 0 Å². The highest BCUT2D eigenvalue weighted by Gasteiger charge is 2.31. The van der Waals surface area contributed by atoms with Gasteiger partial charge in [-0.2, -0.15) is 4.31 Å². The molecule has 1 fully saturated rings. The van der Waals surface area contributed by atoms with Crippen LogP contribution in [0.5, 0.6) is 5.75 Å². The third-order valence-electron chi connectivity index (χ3n) is 3.57. The second kappa shape index (κ2) is 6.56. The smallest absolute Gasteiger partial charge is 0.217 e. The van der Waals surface area contributed by atoms with Gasteiger partial charge >= 0.3 is 0 Å². The molecule has 2 rings (SSSR count). The quantitative estimate of drug-likeness (QED) is 0.887. The molecular formula is C14H22N2O3S.